The normalized spacial score (nSPS) is 22.0. The third-order valence-electron chi connectivity index (χ3n) is 5.64. The molecule has 1 aliphatic heterocycles. The number of aromatic amines is 1. The smallest absolute Gasteiger partial charge is 0.271 e. The molecule has 140 valence electrons. The summed E-state index contributed by atoms with van der Waals surface area (Å²) in [5.74, 6) is -0.0472. The molecule has 7 nitrogen and oxygen atoms in total. The first-order valence-electron chi connectivity index (χ1n) is 9.77. The van der Waals surface area contributed by atoms with Gasteiger partial charge in [-0.2, -0.15) is 10.2 Å². The highest BCUT2D eigenvalue weighted by molar-refractivity contribution is 5.92. The number of nitrogens with zero attached hydrogens (tertiary/aromatic N) is 4. The summed E-state index contributed by atoms with van der Waals surface area (Å²) in [5.41, 5.74) is 2.78. The van der Waals surface area contributed by atoms with E-state index >= 15 is 0 Å². The van der Waals surface area contributed by atoms with Crippen molar-refractivity contribution in [2.75, 3.05) is 6.54 Å². The van der Waals surface area contributed by atoms with E-state index in [0.717, 1.165) is 38.0 Å². The second-order valence-corrected chi connectivity index (χ2v) is 7.67. The molecule has 2 N–H and O–H groups in total. The predicted molar refractivity (Wildman–Crippen MR) is 98.5 cm³/mol. The summed E-state index contributed by atoms with van der Waals surface area (Å²) in [6.45, 7) is 1.93. The minimum absolute atomic E-state index is 0.0472. The molecule has 0 bridgehead atoms. The Morgan fingerprint density at radius 2 is 2.08 bits per heavy atom. The molecule has 2 aromatic rings. The van der Waals surface area contributed by atoms with E-state index in [2.05, 4.69) is 31.7 Å². The van der Waals surface area contributed by atoms with Crippen LogP contribution in [0.1, 0.15) is 72.7 Å². The summed E-state index contributed by atoms with van der Waals surface area (Å²) in [4.78, 5) is 14.9. The number of rotatable bonds is 5. The SMILES string of the molecule is Cn1cc(CN2CCCC[C@@H]2c2cc(C(=O)NC3CCCC3)n[nH]2)cn1. The third-order valence-corrected chi connectivity index (χ3v) is 5.64. The van der Waals surface area contributed by atoms with Crippen LogP contribution >= 0.6 is 0 Å². The highest BCUT2D eigenvalue weighted by Gasteiger charge is 2.27. The van der Waals surface area contributed by atoms with Gasteiger partial charge in [0.15, 0.2) is 0 Å². The zero-order chi connectivity index (χ0) is 17.9. The van der Waals surface area contributed by atoms with Crippen molar-refractivity contribution < 1.29 is 4.79 Å². The molecule has 0 unspecified atom stereocenters. The summed E-state index contributed by atoms with van der Waals surface area (Å²) < 4.78 is 1.84. The molecule has 4 rings (SSSR count). The molecule has 0 aromatic carbocycles. The van der Waals surface area contributed by atoms with E-state index in [-0.39, 0.29) is 11.9 Å². The van der Waals surface area contributed by atoms with Crippen LogP contribution < -0.4 is 5.32 Å². The average Bonchev–Trinajstić information content (AvgIpc) is 3.38. The molecule has 7 heteroatoms. The molecule has 2 aromatic heterocycles. The van der Waals surface area contributed by atoms with Gasteiger partial charge in [-0.25, -0.2) is 0 Å². The molecular formula is C19H28N6O. The maximum atomic E-state index is 12.5. The lowest BCUT2D eigenvalue weighted by atomic mass is 9.98. The number of carbonyl (C=O) groups excluding carboxylic acids is 1. The maximum absolute atomic E-state index is 12.5. The minimum Gasteiger partial charge on any atom is -0.348 e. The molecular weight excluding hydrogens is 328 g/mol. The van der Waals surface area contributed by atoms with Crippen molar-refractivity contribution in [1.82, 2.24) is 30.2 Å². The summed E-state index contributed by atoms with van der Waals surface area (Å²) in [6.07, 6.45) is 12.1. The molecule has 26 heavy (non-hydrogen) atoms. The number of hydrogen-bond donors (Lipinski definition) is 2. The monoisotopic (exact) mass is 356 g/mol. The minimum atomic E-state index is -0.0472. The van der Waals surface area contributed by atoms with Crippen LogP contribution in [0.4, 0.5) is 0 Å². The van der Waals surface area contributed by atoms with Gasteiger partial charge in [-0.3, -0.25) is 19.5 Å². The number of aryl methyl sites for hydroxylation is 1. The molecule has 2 fully saturated rings. The fraction of sp³-hybridized carbons (Fsp3) is 0.632. The van der Waals surface area contributed by atoms with Gasteiger partial charge in [0.1, 0.15) is 5.69 Å². The van der Waals surface area contributed by atoms with Crippen LogP contribution in [0.2, 0.25) is 0 Å². The Labute approximate surface area is 154 Å². The highest BCUT2D eigenvalue weighted by Crippen LogP contribution is 2.31. The predicted octanol–water partition coefficient (Wildman–Crippen LogP) is 2.54. The number of likely N-dealkylation sites (tertiary alicyclic amines) is 1. The lowest BCUT2D eigenvalue weighted by molar-refractivity contribution is 0.0932. The van der Waals surface area contributed by atoms with E-state index in [1.165, 1.54) is 31.2 Å². The molecule has 1 atom stereocenters. The van der Waals surface area contributed by atoms with Crippen LogP contribution in [-0.2, 0) is 13.6 Å². The van der Waals surface area contributed by atoms with Crippen LogP contribution in [0.15, 0.2) is 18.5 Å². The van der Waals surface area contributed by atoms with E-state index in [1.54, 1.807) is 0 Å². The van der Waals surface area contributed by atoms with Crippen molar-refractivity contribution >= 4 is 5.91 Å². The highest BCUT2D eigenvalue weighted by atomic mass is 16.2. The molecule has 3 heterocycles. The van der Waals surface area contributed by atoms with Crippen molar-refractivity contribution in [2.24, 2.45) is 7.05 Å². The quantitative estimate of drug-likeness (QED) is 0.863. The number of piperidine rings is 1. The second-order valence-electron chi connectivity index (χ2n) is 7.67. The number of hydrogen-bond acceptors (Lipinski definition) is 4. The Bertz CT molecular complexity index is 745. The third kappa shape index (κ3) is 3.82. The van der Waals surface area contributed by atoms with Crippen LogP contribution in [-0.4, -0.2) is 43.4 Å². The molecule has 0 radical (unpaired) electrons. The van der Waals surface area contributed by atoms with Gasteiger partial charge in [0.05, 0.1) is 17.9 Å². The Morgan fingerprint density at radius 3 is 2.85 bits per heavy atom. The second kappa shape index (κ2) is 7.61. The Balaban J connectivity index is 1.44. The van der Waals surface area contributed by atoms with Gasteiger partial charge >= 0.3 is 0 Å². The molecule has 1 saturated carbocycles. The van der Waals surface area contributed by atoms with E-state index < -0.39 is 0 Å². The zero-order valence-corrected chi connectivity index (χ0v) is 15.4. The van der Waals surface area contributed by atoms with Crippen LogP contribution in [0, 0.1) is 0 Å². The van der Waals surface area contributed by atoms with E-state index in [4.69, 9.17) is 0 Å². The van der Waals surface area contributed by atoms with Gasteiger partial charge in [0.2, 0.25) is 0 Å². The summed E-state index contributed by atoms with van der Waals surface area (Å²) in [6, 6.07) is 2.54. The Morgan fingerprint density at radius 1 is 1.27 bits per heavy atom. The van der Waals surface area contributed by atoms with Gasteiger partial charge in [-0.1, -0.05) is 19.3 Å². The molecule has 0 spiro atoms. The topological polar surface area (TPSA) is 78.8 Å². The van der Waals surface area contributed by atoms with Crippen molar-refractivity contribution in [3.05, 3.63) is 35.4 Å². The number of nitrogens with one attached hydrogen (secondary N) is 2. The fourth-order valence-corrected chi connectivity index (χ4v) is 4.27. The van der Waals surface area contributed by atoms with Crippen molar-refractivity contribution in [3.63, 3.8) is 0 Å². The molecule has 2 aliphatic rings. The first-order valence-corrected chi connectivity index (χ1v) is 9.77. The van der Waals surface area contributed by atoms with Crippen molar-refractivity contribution in [1.29, 1.82) is 0 Å². The van der Waals surface area contributed by atoms with Crippen molar-refractivity contribution in [3.8, 4) is 0 Å². The van der Waals surface area contributed by atoms with Crippen molar-refractivity contribution in [2.45, 2.75) is 63.6 Å². The lowest BCUT2D eigenvalue weighted by Gasteiger charge is -2.34. The van der Waals surface area contributed by atoms with Gasteiger partial charge in [-0.15, -0.1) is 0 Å². The molecule has 1 aliphatic carbocycles. The summed E-state index contributed by atoms with van der Waals surface area (Å²) in [7, 11) is 1.95. The summed E-state index contributed by atoms with van der Waals surface area (Å²) >= 11 is 0. The molecule has 1 saturated heterocycles. The first kappa shape index (κ1) is 17.3. The van der Waals surface area contributed by atoms with Gasteiger partial charge < -0.3 is 5.32 Å². The summed E-state index contributed by atoms with van der Waals surface area (Å²) in [5, 5.41) is 14.8. The Hall–Kier alpha value is -2.15. The number of carbonyl (C=O) groups is 1. The fourth-order valence-electron chi connectivity index (χ4n) is 4.27. The average molecular weight is 356 g/mol. The van der Waals surface area contributed by atoms with E-state index in [9.17, 15) is 4.79 Å². The van der Waals surface area contributed by atoms with Crippen LogP contribution in [0.3, 0.4) is 0 Å². The van der Waals surface area contributed by atoms with E-state index in [1.807, 2.05) is 24.0 Å². The molecule has 1 amide bonds. The lowest BCUT2D eigenvalue weighted by Crippen LogP contribution is -2.33. The zero-order valence-electron chi connectivity index (χ0n) is 15.4. The number of amides is 1. The standard InChI is InChI=1S/C19H28N6O/c1-24-12-14(11-20-24)13-25-9-5-4-8-18(25)16-10-17(23-22-16)19(26)21-15-6-2-3-7-15/h10-12,15,18H,2-9,13H2,1H3,(H,21,26)(H,22,23)/t18-/m1/s1. The van der Waals surface area contributed by atoms with Gasteiger partial charge in [0, 0.05) is 31.4 Å². The van der Waals surface area contributed by atoms with Crippen LogP contribution in [0.25, 0.3) is 0 Å². The largest absolute Gasteiger partial charge is 0.348 e. The van der Waals surface area contributed by atoms with Gasteiger partial charge in [0.25, 0.3) is 5.91 Å². The number of aromatic nitrogens is 4. The van der Waals surface area contributed by atoms with Crippen LogP contribution in [0.5, 0.6) is 0 Å². The maximum Gasteiger partial charge on any atom is 0.271 e. The number of H-pyrrole nitrogens is 1. The van der Waals surface area contributed by atoms with E-state index in [0.29, 0.717) is 11.7 Å². The van der Waals surface area contributed by atoms with Gasteiger partial charge in [-0.05, 0) is 38.3 Å². The first-order chi connectivity index (χ1) is 12.7. The Kier molecular flexibility index (Phi) is 5.06.